The first-order valence-corrected chi connectivity index (χ1v) is 5.11. The summed E-state index contributed by atoms with van der Waals surface area (Å²) in [6.07, 6.45) is 0. The summed E-state index contributed by atoms with van der Waals surface area (Å²) in [5, 5.41) is -0.763. The minimum atomic E-state index is -0.906. The van der Waals surface area contributed by atoms with E-state index < -0.39 is 22.3 Å². The van der Waals surface area contributed by atoms with E-state index in [1.165, 1.54) is 13.0 Å². The van der Waals surface area contributed by atoms with E-state index in [-0.39, 0.29) is 11.5 Å². The average molecular weight is 230 g/mol. The topological polar surface area (TPSA) is 34.1 Å². The second-order valence-electron chi connectivity index (χ2n) is 2.87. The Bertz CT molecular complexity index is 384. The van der Waals surface area contributed by atoms with Gasteiger partial charge in [-0.1, -0.05) is 17.8 Å². The minimum Gasteiger partial charge on any atom is -0.299 e. The van der Waals surface area contributed by atoms with Crippen LogP contribution in [-0.2, 0) is 4.79 Å². The van der Waals surface area contributed by atoms with E-state index in [1.807, 2.05) is 0 Å². The third-order valence-corrected chi connectivity index (χ3v) is 2.59. The fourth-order valence-corrected chi connectivity index (χ4v) is 1.61. The molecule has 0 aliphatic heterocycles. The van der Waals surface area contributed by atoms with Crippen LogP contribution in [-0.4, -0.2) is 16.7 Å². The second-order valence-corrected chi connectivity index (χ2v) is 3.82. The Morgan fingerprint density at radius 2 is 1.80 bits per heavy atom. The number of Topliss-reactive ketones (excluding diaryl/α,β-unsaturated/α-hetero) is 1. The van der Waals surface area contributed by atoms with Gasteiger partial charge in [-0.05, 0) is 19.1 Å². The molecule has 0 aliphatic rings. The van der Waals surface area contributed by atoms with Crippen molar-refractivity contribution in [2.24, 2.45) is 0 Å². The van der Waals surface area contributed by atoms with Crippen molar-refractivity contribution in [3.8, 4) is 0 Å². The van der Waals surface area contributed by atoms with Gasteiger partial charge >= 0.3 is 0 Å². The number of ketones is 1. The summed E-state index contributed by atoms with van der Waals surface area (Å²) in [6.45, 7) is 1.30. The Balaban J connectivity index is 2.86. The lowest BCUT2D eigenvalue weighted by atomic mass is 10.2. The molecule has 0 atom stereocenters. The highest BCUT2D eigenvalue weighted by atomic mass is 32.2. The van der Waals surface area contributed by atoms with Crippen LogP contribution < -0.4 is 0 Å². The molecule has 0 saturated heterocycles. The van der Waals surface area contributed by atoms with Crippen molar-refractivity contribution in [2.45, 2.75) is 6.92 Å². The van der Waals surface area contributed by atoms with Gasteiger partial charge in [-0.3, -0.25) is 9.59 Å². The molecule has 2 nitrogen and oxygen atoms in total. The molecule has 0 N–H and O–H groups in total. The molecular weight excluding hydrogens is 222 g/mol. The van der Waals surface area contributed by atoms with Crippen LogP contribution in [0.25, 0.3) is 0 Å². The molecular formula is C10H8F2O2S. The third kappa shape index (κ3) is 3.13. The Hall–Kier alpha value is -1.23. The van der Waals surface area contributed by atoms with Crippen molar-refractivity contribution in [3.63, 3.8) is 0 Å². The van der Waals surface area contributed by atoms with E-state index in [0.29, 0.717) is 11.8 Å². The number of hydrogen-bond donors (Lipinski definition) is 0. The lowest BCUT2D eigenvalue weighted by molar-refractivity contribution is -0.114. The maximum Gasteiger partial charge on any atom is 0.225 e. The van der Waals surface area contributed by atoms with Gasteiger partial charge in [0.15, 0.2) is 0 Å². The Morgan fingerprint density at radius 3 is 2.27 bits per heavy atom. The van der Waals surface area contributed by atoms with Crippen molar-refractivity contribution >= 4 is 22.7 Å². The predicted octanol–water partition coefficient (Wildman–Crippen LogP) is 2.43. The number of carbonyl (C=O) groups excluding carboxylic acids is 2. The van der Waals surface area contributed by atoms with Gasteiger partial charge in [0.1, 0.15) is 23.0 Å². The largest absolute Gasteiger partial charge is 0.299 e. The molecule has 15 heavy (non-hydrogen) atoms. The van der Waals surface area contributed by atoms with Crippen LogP contribution in [0.4, 0.5) is 8.78 Å². The minimum absolute atomic E-state index is 0.0768. The molecule has 1 rings (SSSR count). The van der Waals surface area contributed by atoms with Crippen molar-refractivity contribution in [2.75, 3.05) is 5.75 Å². The van der Waals surface area contributed by atoms with E-state index in [9.17, 15) is 18.4 Å². The van der Waals surface area contributed by atoms with Gasteiger partial charge in [-0.2, -0.15) is 0 Å². The van der Waals surface area contributed by atoms with Gasteiger partial charge in [-0.25, -0.2) is 8.78 Å². The highest BCUT2D eigenvalue weighted by Gasteiger charge is 2.17. The summed E-state index contributed by atoms with van der Waals surface area (Å²) < 4.78 is 26.1. The van der Waals surface area contributed by atoms with Crippen LogP contribution in [0, 0.1) is 11.6 Å². The van der Waals surface area contributed by atoms with Crippen LogP contribution in [0.1, 0.15) is 17.3 Å². The summed E-state index contributed by atoms with van der Waals surface area (Å²) >= 11 is 0.597. The molecule has 0 unspecified atom stereocenters. The molecule has 1 aromatic rings. The molecule has 0 heterocycles. The van der Waals surface area contributed by atoms with Gasteiger partial charge in [0.2, 0.25) is 5.12 Å². The van der Waals surface area contributed by atoms with Gasteiger partial charge in [0.05, 0.1) is 5.75 Å². The third-order valence-electron chi connectivity index (χ3n) is 1.57. The molecule has 5 heteroatoms. The zero-order valence-corrected chi connectivity index (χ0v) is 8.74. The van der Waals surface area contributed by atoms with Crippen molar-refractivity contribution in [1.82, 2.24) is 0 Å². The van der Waals surface area contributed by atoms with Crippen molar-refractivity contribution < 1.29 is 18.4 Å². The highest BCUT2D eigenvalue weighted by molar-refractivity contribution is 8.14. The number of rotatable bonds is 3. The Morgan fingerprint density at radius 1 is 1.27 bits per heavy atom. The standard InChI is InChI=1S/C10H8F2O2S/c1-6(13)5-15-10(14)9-7(11)3-2-4-8(9)12/h2-4H,5H2,1H3. The van der Waals surface area contributed by atoms with E-state index in [2.05, 4.69) is 0 Å². The Kier molecular flexibility index (Phi) is 3.96. The van der Waals surface area contributed by atoms with Crippen LogP contribution in [0.5, 0.6) is 0 Å². The average Bonchev–Trinajstić information content (AvgIpc) is 2.14. The molecule has 0 aliphatic carbocycles. The Labute approximate surface area is 89.7 Å². The number of halogens is 2. The summed E-state index contributed by atoms with van der Waals surface area (Å²) in [5.74, 6) is -2.11. The SMILES string of the molecule is CC(=O)CSC(=O)c1c(F)cccc1F. The van der Waals surface area contributed by atoms with Crippen molar-refractivity contribution in [1.29, 1.82) is 0 Å². The van der Waals surface area contributed by atoms with Crippen LogP contribution >= 0.6 is 11.8 Å². The molecule has 0 aromatic heterocycles. The quantitative estimate of drug-likeness (QED) is 0.799. The molecule has 80 valence electrons. The number of carbonyl (C=O) groups is 2. The van der Waals surface area contributed by atoms with Gasteiger partial charge in [0.25, 0.3) is 0 Å². The first-order valence-electron chi connectivity index (χ1n) is 4.13. The monoisotopic (exact) mass is 230 g/mol. The number of thioether (sulfide) groups is 1. The lowest BCUT2D eigenvalue weighted by Gasteiger charge is -2.01. The molecule has 0 spiro atoms. The zero-order chi connectivity index (χ0) is 11.4. The maximum atomic E-state index is 13.1. The van der Waals surface area contributed by atoms with Crippen LogP contribution in [0.15, 0.2) is 18.2 Å². The van der Waals surface area contributed by atoms with Gasteiger partial charge in [0, 0.05) is 0 Å². The van der Waals surface area contributed by atoms with Crippen LogP contribution in [0.3, 0.4) is 0 Å². The molecule has 0 bridgehead atoms. The van der Waals surface area contributed by atoms with E-state index >= 15 is 0 Å². The molecule has 0 saturated carbocycles. The fourth-order valence-electron chi connectivity index (χ4n) is 0.932. The van der Waals surface area contributed by atoms with E-state index in [0.717, 1.165) is 12.1 Å². The first-order chi connectivity index (χ1) is 7.02. The number of benzene rings is 1. The summed E-state index contributed by atoms with van der Waals surface area (Å²) in [7, 11) is 0. The van der Waals surface area contributed by atoms with Gasteiger partial charge in [-0.15, -0.1) is 0 Å². The fraction of sp³-hybridized carbons (Fsp3) is 0.200. The number of hydrogen-bond acceptors (Lipinski definition) is 3. The predicted molar refractivity (Wildman–Crippen MR) is 53.8 cm³/mol. The van der Waals surface area contributed by atoms with Gasteiger partial charge < -0.3 is 0 Å². The summed E-state index contributed by atoms with van der Waals surface area (Å²) in [6, 6.07) is 3.19. The molecule has 0 amide bonds. The molecule has 1 aromatic carbocycles. The summed E-state index contributed by atoms with van der Waals surface area (Å²) in [4.78, 5) is 21.9. The zero-order valence-electron chi connectivity index (χ0n) is 7.92. The normalized spacial score (nSPS) is 10.1. The lowest BCUT2D eigenvalue weighted by Crippen LogP contribution is -2.05. The van der Waals surface area contributed by atoms with E-state index in [1.54, 1.807) is 0 Å². The highest BCUT2D eigenvalue weighted by Crippen LogP contribution is 2.18. The summed E-state index contributed by atoms with van der Waals surface area (Å²) in [5.41, 5.74) is -0.594. The molecule has 0 radical (unpaired) electrons. The smallest absolute Gasteiger partial charge is 0.225 e. The second kappa shape index (κ2) is 5.02. The van der Waals surface area contributed by atoms with E-state index in [4.69, 9.17) is 0 Å². The first kappa shape index (κ1) is 11.8. The van der Waals surface area contributed by atoms with Crippen molar-refractivity contribution in [3.05, 3.63) is 35.4 Å². The maximum absolute atomic E-state index is 13.1. The van der Waals surface area contributed by atoms with Crippen LogP contribution in [0.2, 0.25) is 0 Å². The molecule has 0 fully saturated rings.